The number of sulfonamides is 1. The molecular weight excluding hydrogens is 1120 g/mol. The lowest BCUT2D eigenvalue weighted by Gasteiger charge is -2.29. The van der Waals surface area contributed by atoms with Gasteiger partial charge in [-0.1, -0.05) is 42.5 Å². The molecule has 0 radical (unpaired) electrons. The summed E-state index contributed by atoms with van der Waals surface area (Å²) in [5.74, 6) is -0.118. The largest absolute Gasteiger partial charge is 0.447 e. The van der Waals surface area contributed by atoms with Gasteiger partial charge in [0.15, 0.2) is 6.35 Å². The molecule has 4 aromatic rings. The van der Waals surface area contributed by atoms with Crippen LogP contribution in [-0.2, 0) is 83.6 Å². The third kappa shape index (κ3) is 20.8. The summed E-state index contributed by atoms with van der Waals surface area (Å²) in [4.78, 5) is 29.6. The van der Waals surface area contributed by atoms with Gasteiger partial charge in [-0.15, -0.1) is 0 Å². The van der Waals surface area contributed by atoms with E-state index in [1.165, 1.54) is 15.9 Å². The standard InChI is InChI=1S/C62H85FN6O15S/c1-75-21-23-77-25-27-79-29-30-80-31-32-82-35-36-84-62(72)66-57-15-9-47(10-16-57)46-5-11-55(12-6-46)64-60(70)67-42-51-4-3-50(39-52(51)43-67)58-40-53-44-68(45-54(53)41-59(58)63)61(71)65-56-13-7-48(8-14-56)49-17-19-69(20-18-49)85(73,74)38-37-83-34-33-81-28-26-78-24-22-76-2/h3-8,11-14,17,39-41,47,57,60,64,70H,9-10,15-16,18-38,42-45H2,1-2H3,(H,65,71)(H,66,72). The highest BCUT2D eigenvalue weighted by molar-refractivity contribution is 7.89. The number of anilines is 2. The molecule has 1 fully saturated rings. The molecule has 85 heavy (non-hydrogen) atoms. The lowest BCUT2D eigenvalue weighted by atomic mass is 9.82. The van der Waals surface area contributed by atoms with Crippen molar-refractivity contribution in [1.29, 1.82) is 0 Å². The first-order valence-electron chi connectivity index (χ1n) is 29.5. The number of carbonyl (C=O) groups excluding carboxylic acids is 2. The SMILES string of the molecule is COCCOCCOCCOCCOCCOC(=O)NC1CCC(c2ccc(NC(O)N3Cc4ccc(-c5cc6c(cc5F)CN(C(=O)Nc5ccc(C7=CCN(S(=O)(=O)CCOCCOCCOCCOC)CC7)cc5)C6)cc4C3)cc2)CC1. The number of benzene rings is 4. The highest BCUT2D eigenvalue weighted by atomic mass is 32.2. The molecule has 1 unspecified atom stereocenters. The van der Waals surface area contributed by atoms with Gasteiger partial charge in [-0.05, 0) is 125 Å². The summed E-state index contributed by atoms with van der Waals surface area (Å²) < 4.78 is 96.6. The van der Waals surface area contributed by atoms with E-state index in [4.69, 9.17) is 47.4 Å². The van der Waals surface area contributed by atoms with E-state index in [2.05, 4.69) is 28.1 Å². The van der Waals surface area contributed by atoms with Gasteiger partial charge in [-0.3, -0.25) is 4.90 Å². The number of fused-ring (bicyclic) bond motifs is 2. The summed E-state index contributed by atoms with van der Waals surface area (Å²) in [5, 5.41) is 20.6. The molecule has 4 aliphatic rings. The van der Waals surface area contributed by atoms with Crippen molar-refractivity contribution in [2.75, 3.05) is 156 Å². The van der Waals surface area contributed by atoms with E-state index >= 15 is 4.39 Å². The number of ether oxygens (including phenoxy) is 10. The number of aliphatic hydroxyl groups excluding tert-OH is 1. The molecule has 0 spiro atoms. The molecule has 0 aromatic heterocycles. The van der Waals surface area contributed by atoms with Crippen molar-refractivity contribution in [1.82, 2.24) is 19.4 Å². The molecule has 1 saturated carbocycles. The van der Waals surface area contributed by atoms with E-state index in [0.29, 0.717) is 142 Å². The lowest BCUT2D eigenvalue weighted by Crippen LogP contribution is -2.38. The first kappa shape index (κ1) is 65.3. The van der Waals surface area contributed by atoms with Gasteiger partial charge in [0.1, 0.15) is 12.4 Å². The Morgan fingerprint density at radius 3 is 1.73 bits per heavy atom. The van der Waals surface area contributed by atoms with Gasteiger partial charge in [0.25, 0.3) is 0 Å². The number of hydrogen-bond donors (Lipinski definition) is 4. The second-order valence-electron chi connectivity index (χ2n) is 21.2. The molecule has 8 rings (SSSR count). The number of nitrogens with one attached hydrogen (secondary N) is 3. The highest BCUT2D eigenvalue weighted by Gasteiger charge is 2.30. The predicted octanol–water partition coefficient (Wildman–Crippen LogP) is 7.32. The molecule has 0 bridgehead atoms. The maximum absolute atomic E-state index is 15.9. The monoisotopic (exact) mass is 1200 g/mol. The van der Waals surface area contributed by atoms with Crippen molar-refractivity contribution < 1.29 is 74.9 Å². The second-order valence-corrected chi connectivity index (χ2v) is 23.3. The number of methoxy groups -OCH3 is 2. The van der Waals surface area contributed by atoms with Crippen LogP contribution in [0.3, 0.4) is 0 Å². The van der Waals surface area contributed by atoms with Crippen molar-refractivity contribution in [2.24, 2.45) is 0 Å². The normalized spacial score (nSPS) is 17.6. The molecule has 3 amide bonds. The third-order valence-electron chi connectivity index (χ3n) is 15.4. The van der Waals surface area contributed by atoms with Crippen LogP contribution in [0, 0.1) is 5.82 Å². The Morgan fingerprint density at radius 1 is 0.612 bits per heavy atom. The number of aliphatic hydroxyl groups is 1. The van der Waals surface area contributed by atoms with Crippen LogP contribution in [0.15, 0.2) is 84.9 Å². The van der Waals surface area contributed by atoms with Crippen molar-refractivity contribution in [3.63, 3.8) is 0 Å². The summed E-state index contributed by atoms with van der Waals surface area (Å²) in [7, 11) is -0.254. The topological polar surface area (TPSA) is 227 Å². The second kappa shape index (κ2) is 34.6. The minimum atomic E-state index is -3.50. The zero-order valence-electron chi connectivity index (χ0n) is 49.1. The van der Waals surface area contributed by atoms with Crippen LogP contribution >= 0.6 is 0 Å². The molecule has 3 aliphatic heterocycles. The van der Waals surface area contributed by atoms with E-state index in [0.717, 1.165) is 70.3 Å². The molecule has 0 saturated heterocycles. The van der Waals surface area contributed by atoms with Crippen LogP contribution in [0.1, 0.15) is 71.4 Å². The van der Waals surface area contributed by atoms with Gasteiger partial charge < -0.3 is 73.3 Å². The fourth-order valence-corrected chi connectivity index (χ4v) is 11.9. The van der Waals surface area contributed by atoms with Gasteiger partial charge >= 0.3 is 12.1 Å². The van der Waals surface area contributed by atoms with Crippen LogP contribution in [0.2, 0.25) is 0 Å². The summed E-state index contributed by atoms with van der Waals surface area (Å²) in [5.41, 5.74) is 9.45. The first-order valence-corrected chi connectivity index (χ1v) is 31.1. The molecule has 4 aromatic carbocycles. The van der Waals surface area contributed by atoms with Crippen molar-refractivity contribution in [3.8, 4) is 11.1 Å². The molecule has 3 heterocycles. The average Bonchev–Trinajstić information content (AvgIpc) is 4.22. The van der Waals surface area contributed by atoms with Crippen molar-refractivity contribution in [3.05, 3.63) is 124 Å². The first-order chi connectivity index (χ1) is 41.5. The van der Waals surface area contributed by atoms with Crippen molar-refractivity contribution in [2.45, 2.75) is 76.6 Å². The van der Waals surface area contributed by atoms with Gasteiger partial charge in [0.2, 0.25) is 10.0 Å². The van der Waals surface area contributed by atoms with E-state index in [-0.39, 0.29) is 56.6 Å². The van der Waals surface area contributed by atoms with E-state index in [1.807, 2.05) is 71.6 Å². The Morgan fingerprint density at radius 2 is 1.14 bits per heavy atom. The number of hydrogen-bond acceptors (Lipinski definition) is 17. The molecule has 21 nitrogen and oxygen atoms in total. The Bertz CT molecular complexity index is 2840. The molecule has 1 aliphatic carbocycles. The number of urea groups is 1. The van der Waals surface area contributed by atoms with E-state index in [1.54, 1.807) is 19.1 Å². The Labute approximate surface area is 499 Å². The van der Waals surface area contributed by atoms with Crippen LogP contribution in [0.5, 0.6) is 0 Å². The Kier molecular flexibility index (Phi) is 26.6. The van der Waals surface area contributed by atoms with Crippen LogP contribution in [-0.4, -0.2) is 198 Å². The zero-order valence-corrected chi connectivity index (χ0v) is 49.9. The summed E-state index contributed by atoms with van der Waals surface area (Å²) >= 11 is 0. The number of rotatable bonds is 36. The number of nitrogens with zero attached hydrogens (tertiary/aromatic N) is 3. The molecule has 1 atom stereocenters. The van der Waals surface area contributed by atoms with E-state index < -0.39 is 22.5 Å². The smallest absolute Gasteiger partial charge is 0.407 e. The maximum Gasteiger partial charge on any atom is 0.407 e. The summed E-state index contributed by atoms with van der Waals surface area (Å²) in [6.07, 6.45) is 4.63. The Balaban J connectivity index is 0.699. The predicted molar refractivity (Wildman–Crippen MR) is 319 cm³/mol. The summed E-state index contributed by atoms with van der Waals surface area (Å²) in [6.45, 7) is 9.17. The lowest BCUT2D eigenvalue weighted by molar-refractivity contribution is -0.0113. The average molecular weight is 1210 g/mol. The van der Waals surface area contributed by atoms with Crippen LogP contribution in [0.4, 0.5) is 25.4 Å². The zero-order chi connectivity index (χ0) is 59.6. The quantitative estimate of drug-likeness (QED) is 0.0258. The fraction of sp³-hybridized carbons (Fsp3) is 0.548. The van der Waals surface area contributed by atoms with Gasteiger partial charge in [-0.25, -0.2) is 22.4 Å². The van der Waals surface area contributed by atoms with Crippen LogP contribution < -0.4 is 16.0 Å². The van der Waals surface area contributed by atoms with E-state index in [9.17, 15) is 23.1 Å². The minimum Gasteiger partial charge on any atom is -0.447 e. The van der Waals surface area contributed by atoms with Gasteiger partial charge in [0.05, 0.1) is 111 Å². The molecule has 466 valence electrons. The third-order valence-corrected chi connectivity index (χ3v) is 17.2. The summed E-state index contributed by atoms with van der Waals surface area (Å²) in [6, 6.07) is 24.7. The maximum atomic E-state index is 15.9. The number of amides is 3. The van der Waals surface area contributed by atoms with Crippen molar-refractivity contribution >= 4 is 39.1 Å². The van der Waals surface area contributed by atoms with Crippen LogP contribution in [0.25, 0.3) is 16.7 Å². The Hall–Kier alpha value is -5.64. The molecule has 4 N–H and O–H groups in total. The number of alkyl carbamates (subject to hydrolysis) is 1. The molecular formula is C62H85FN6O15S. The van der Waals surface area contributed by atoms with Gasteiger partial charge in [0, 0.05) is 76.5 Å². The number of carbonyl (C=O) groups is 2. The number of halogens is 1. The fourth-order valence-electron chi connectivity index (χ4n) is 10.6. The minimum absolute atomic E-state index is 0.0469. The highest BCUT2D eigenvalue weighted by Crippen LogP contribution is 2.36. The van der Waals surface area contributed by atoms with Gasteiger partial charge in [-0.2, -0.15) is 4.31 Å². The molecule has 23 heteroatoms.